The first-order valence-electron chi connectivity index (χ1n) is 16.8. The number of nitrogen functional groups attached to an aromatic ring is 1. The van der Waals surface area contributed by atoms with E-state index < -0.39 is 0 Å². The minimum atomic E-state index is 0.805. The van der Waals surface area contributed by atoms with Crippen LogP contribution in [0.25, 0.3) is 44.5 Å². The molecular formula is C47H42N2. The molecule has 240 valence electrons. The van der Waals surface area contributed by atoms with Gasteiger partial charge in [-0.15, -0.1) is 0 Å². The van der Waals surface area contributed by atoms with Crippen molar-refractivity contribution in [2.45, 2.75) is 26.7 Å². The first kappa shape index (κ1) is 32.9. The van der Waals surface area contributed by atoms with Crippen LogP contribution in [0, 0.1) is 19.3 Å². The zero-order valence-electron chi connectivity index (χ0n) is 28.3. The summed E-state index contributed by atoms with van der Waals surface area (Å²) in [7, 11) is 0. The van der Waals surface area contributed by atoms with Crippen LogP contribution in [0.5, 0.6) is 0 Å². The molecule has 0 bridgehead atoms. The van der Waals surface area contributed by atoms with Crippen molar-refractivity contribution in [1.29, 1.82) is 5.41 Å². The summed E-state index contributed by atoms with van der Waals surface area (Å²) in [6, 6.07) is 57.5. The third-order valence-corrected chi connectivity index (χ3v) is 9.24. The van der Waals surface area contributed by atoms with Gasteiger partial charge in [0.1, 0.15) is 0 Å². The molecule has 2 aliphatic rings. The minimum Gasteiger partial charge on any atom is -0.399 e. The van der Waals surface area contributed by atoms with Crippen molar-refractivity contribution in [3.8, 4) is 44.5 Å². The van der Waals surface area contributed by atoms with Gasteiger partial charge in [-0.25, -0.2) is 0 Å². The second-order valence-electron chi connectivity index (χ2n) is 12.5. The lowest BCUT2D eigenvalue weighted by Crippen LogP contribution is -1.87. The van der Waals surface area contributed by atoms with Crippen LogP contribution >= 0.6 is 0 Å². The predicted octanol–water partition coefficient (Wildman–Crippen LogP) is 12.0. The molecule has 0 amide bonds. The molecule has 49 heavy (non-hydrogen) atoms. The molecule has 0 radical (unpaired) electrons. The fourth-order valence-corrected chi connectivity index (χ4v) is 7.00. The van der Waals surface area contributed by atoms with E-state index in [0.29, 0.717) is 0 Å². The summed E-state index contributed by atoms with van der Waals surface area (Å²) in [6.07, 6.45) is 2.17. The standard InChI is InChI=1S/C20H16.C14H12.C12H11N.CH3N/c1-14-11-17(15-7-3-2-4-8-15)13-18-12-16-9-5-6-10-19(16)20(14)18;1-10-5-4-7-12-9-11-6-2-3-8-13(11)14(10)12;13-12-8-6-11(7-9-12)10-4-2-1-3-5-10;1-2/h2-11,13H,12H2,1H3;2-8H,9H2,1H3;1-9H,13H2;2H,1H2. The lowest BCUT2D eigenvalue weighted by Gasteiger charge is -2.10. The smallest absolute Gasteiger partial charge is 0.0314 e. The Labute approximate surface area is 291 Å². The topological polar surface area (TPSA) is 49.9 Å². The van der Waals surface area contributed by atoms with E-state index in [1.54, 1.807) is 0 Å². The highest BCUT2D eigenvalue weighted by atomic mass is 14.5. The van der Waals surface area contributed by atoms with Crippen molar-refractivity contribution in [2.75, 3.05) is 5.73 Å². The molecule has 0 aliphatic heterocycles. The molecule has 2 heteroatoms. The number of benzene rings is 7. The van der Waals surface area contributed by atoms with E-state index in [2.05, 4.69) is 142 Å². The van der Waals surface area contributed by atoms with Gasteiger partial charge in [0.2, 0.25) is 0 Å². The lowest BCUT2D eigenvalue weighted by molar-refractivity contribution is 1.26. The monoisotopic (exact) mass is 634 g/mol. The van der Waals surface area contributed by atoms with Crippen molar-refractivity contribution in [1.82, 2.24) is 0 Å². The zero-order chi connectivity index (χ0) is 34.2. The minimum absolute atomic E-state index is 0.805. The zero-order valence-corrected chi connectivity index (χ0v) is 28.3. The quantitative estimate of drug-likeness (QED) is 0.144. The fraction of sp³-hybridized carbons (Fsp3) is 0.0851. The number of nitrogens with two attached hydrogens (primary N) is 1. The second-order valence-corrected chi connectivity index (χ2v) is 12.5. The molecule has 3 N–H and O–H groups in total. The van der Waals surface area contributed by atoms with Gasteiger partial charge in [0.05, 0.1) is 0 Å². The van der Waals surface area contributed by atoms with Gasteiger partial charge in [0, 0.05) is 5.69 Å². The molecule has 7 aromatic rings. The molecule has 0 heterocycles. The molecule has 0 unspecified atom stereocenters. The number of rotatable bonds is 2. The first-order chi connectivity index (χ1) is 24.0. The highest BCUT2D eigenvalue weighted by Gasteiger charge is 2.21. The third kappa shape index (κ3) is 7.30. The Balaban J connectivity index is 0.000000128. The summed E-state index contributed by atoms with van der Waals surface area (Å²) in [6.45, 7) is 6.92. The molecule has 2 nitrogen and oxygen atoms in total. The Morgan fingerprint density at radius 1 is 0.408 bits per heavy atom. The van der Waals surface area contributed by atoms with Gasteiger partial charge in [-0.1, -0.05) is 152 Å². The number of nitrogens with one attached hydrogen (secondary N) is 1. The van der Waals surface area contributed by atoms with Crippen molar-refractivity contribution in [3.63, 3.8) is 0 Å². The van der Waals surface area contributed by atoms with Gasteiger partial charge >= 0.3 is 0 Å². The predicted molar refractivity (Wildman–Crippen MR) is 210 cm³/mol. The van der Waals surface area contributed by atoms with E-state index in [1.165, 1.54) is 77.9 Å². The average molecular weight is 635 g/mol. The number of anilines is 1. The lowest BCUT2D eigenvalue weighted by atomic mass is 9.95. The van der Waals surface area contributed by atoms with E-state index >= 15 is 0 Å². The highest BCUT2D eigenvalue weighted by Crippen LogP contribution is 2.41. The molecule has 0 atom stereocenters. The van der Waals surface area contributed by atoms with Gasteiger partial charge in [-0.05, 0) is 123 Å². The maximum atomic E-state index is 5.60. The van der Waals surface area contributed by atoms with Gasteiger partial charge in [0.25, 0.3) is 0 Å². The van der Waals surface area contributed by atoms with Crippen LogP contribution in [0.1, 0.15) is 33.4 Å². The van der Waals surface area contributed by atoms with Crippen LogP contribution in [0.4, 0.5) is 5.69 Å². The number of fused-ring (bicyclic) bond motifs is 6. The van der Waals surface area contributed by atoms with E-state index in [0.717, 1.165) is 18.5 Å². The summed E-state index contributed by atoms with van der Waals surface area (Å²) in [5, 5.41) is 5.50. The SMILES string of the molecule is C=N.Cc1cc(-c2ccccc2)cc2c1-c1ccccc1C2.Cc1cccc2c1-c1ccccc1C2.Nc1ccc(-c2ccccc2)cc1. The van der Waals surface area contributed by atoms with E-state index in [9.17, 15) is 0 Å². The summed E-state index contributed by atoms with van der Waals surface area (Å²) in [5.41, 5.74) is 25.9. The molecule has 9 rings (SSSR count). The average Bonchev–Trinajstić information content (AvgIpc) is 3.74. The van der Waals surface area contributed by atoms with Crippen LogP contribution in [-0.4, -0.2) is 6.72 Å². The van der Waals surface area contributed by atoms with Crippen LogP contribution in [0.3, 0.4) is 0 Å². The normalized spacial score (nSPS) is 11.1. The Hall–Kier alpha value is -5.99. The number of aryl methyl sites for hydroxylation is 2. The van der Waals surface area contributed by atoms with Crippen molar-refractivity contribution >= 4 is 12.4 Å². The maximum absolute atomic E-state index is 5.60. The Morgan fingerprint density at radius 3 is 1.45 bits per heavy atom. The Morgan fingerprint density at radius 2 is 0.857 bits per heavy atom. The summed E-state index contributed by atoms with van der Waals surface area (Å²) >= 11 is 0. The summed E-state index contributed by atoms with van der Waals surface area (Å²) in [5.74, 6) is 0. The third-order valence-electron chi connectivity index (χ3n) is 9.24. The maximum Gasteiger partial charge on any atom is 0.0314 e. The van der Waals surface area contributed by atoms with Crippen LogP contribution < -0.4 is 5.73 Å². The largest absolute Gasteiger partial charge is 0.399 e. The molecule has 0 saturated carbocycles. The van der Waals surface area contributed by atoms with Crippen LogP contribution in [0.2, 0.25) is 0 Å². The molecule has 7 aromatic carbocycles. The van der Waals surface area contributed by atoms with Gasteiger partial charge in [0.15, 0.2) is 0 Å². The van der Waals surface area contributed by atoms with E-state index in [1.807, 2.05) is 42.5 Å². The first-order valence-corrected chi connectivity index (χ1v) is 16.8. The van der Waals surface area contributed by atoms with Gasteiger partial charge in [-0.2, -0.15) is 0 Å². The number of hydrogen-bond donors (Lipinski definition) is 2. The second kappa shape index (κ2) is 15.3. The fourth-order valence-electron chi connectivity index (χ4n) is 7.00. The Bertz CT molecular complexity index is 2160. The summed E-state index contributed by atoms with van der Waals surface area (Å²) in [4.78, 5) is 0. The van der Waals surface area contributed by atoms with E-state index in [4.69, 9.17) is 11.1 Å². The van der Waals surface area contributed by atoms with Crippen molar-refractivity contribution in [3.05, 3.63) is 197 Å². The molecule has 0 aromatic heterocycles. The van der Waals surface area contributed by atoms with Crippen molar-refractivity contribution < 1.29 is 0 Å². The molecule has 0 spiro atoms. The highest BCUT2D eigenvalue weighted by molar-refractivity contribution is 5.83. The van der Waals surface area contributed by atoms with Gasteiger partial charge in [-0.3, -0.25) is 0 Å². The molecular weight excluding hydrogens is 593 g/mol. The molecule has 0 saturated heterocycles. The van der Waals surface area contributed by atoms with Crippen LogP contribution in [-0.2, 0) is 12.8 Å². The van der Waals surface area contributed by atoms with Crippen molar-refractivity contribution in [2.24, 2.45) is 0 Å². The molecule has 2 aliphatic carbocycles. The van der Waals surface area contributed by atoms with Gasteiger partial charge < -0.3 is 11.1 Å². The van der Waals surface area contributed by atoms with E-state index in [-0.39, 0.29) is 0 Å². The number of hydrogen-bond acceptors (Lipinski definition) is 2. The Kier molecular flexibility index (Phi) is 10.3. The summed E-state index contributed by atoms with van der Waals surface area (Å²) < 4.78 is 0. The van der Waals surface area contributed by atoms with Crippen LogP contribution in [0.15, 0.2) is 164 Å². The molecule has 0 fully saturated rings.